The fourth-order valence-corrected chi connectivity index (χ4v) is 4.40. The number of hydrogen-bond acceptors (Lipinski definition) is 6. The lowest BCUT2D eigenvalue weighted by atomic mass is 10.1. The highest BCUT2D eigenvalue weighted by Gasteiger charge is 2.35. The number of nitrogens with one attached hydrogen (secondary N) is 2. The molecule has 1 aliphatic carbocycles. The molecule has 0 saturated carbocycles. The molecule has 0 unspecified atom stereocenters. The third-order valence-corrected chi connectivity index (χ3v) is 6.18. The molecule has 1 aromatic carbocycles. The van der Waals surface area contributed by atoms with Gasteiger partial charge >= 0.3 is 18.0 Å². The summed E-state index contributed by atoms with van der Waals surface area (Å²) < 4.78 is 38.9. The first-order chi connectivity index (χ1) is 17.2. The van der Waals surface area contributed by atoms with E-state index < -0.39 is 29.6 Å². The number of carbonyl (C=O) groups excluding carboxylic acids is 2. The number of hydrogen-bond donors (Lipinski definition) is 3. The Morgan fingerprint density at radius 2 is 1.92 bits per heavy atom. The van der Waals surface area contributed by atoms with Crippen LogP contribution in [-0.4, -0.2) is 36.9 Å². The number of aromatic nitrogens is 4. The smallest absolute Gasteiger partial charge is 0.383 e. The standard InChI is InChI=1S/C24H20F3N7O2/c25-24(26,27)14-6-7-15(29-9-14)12-34(19-8-5-13-3-1-2-4-16(13)19)23(36)22(35)32-18-11-30-21(28)17-10-31-33-20(17)18/h1-4,6-7,9-11,19H,5,8,12H2,(H2,28,30)(H,31,33)(H,32,35)/t19-/m1/s1. The molecule has 184 valence electrons. The van der Waals surface area contributed by atoms with Gasteiger partial charge in [0.05, 0.1) is 52.8 Å². The van der Waals surface area contributed by atoms with Crippen molar-refractivity contribution in [1.29, 1.82) is 0 Å². The van der Waals surface area contributed by atoms with Crippen LogP contribution >= 0.6 is 0 Å². The van der Waals surface area contributed by atoms with Crippen molar-refractivity contribution >= 4 is 34.2 Å². The van der Waals surface area contributed by atoms with E-state index in [-0.39, 0.29) is 23.7 Å². The minimum atomic E-state index is -4.53. The molecular weight excluding hydrogens is 475 g/mol. The quantitative estimate of drug-likeness (QED) is 0.371. The number of fused-ring (bicyclic) bond motifs is 2. The first-order valence-electron chi connectivity index (χ1n) is 11.0. The number of nitrogen functional groups attached to an aromatic ring is 1. The van der Waals surface area contributed by atoms with Crippen LogP contribution in [0.3, 0.4) is 0 Å². The van der Waals surface area contributed by atoms with Gasteiger partial charge in [0, 0.05) is 6.20 Å². The Labute approximate surface area is 202 Å². The van der Waals surface area contributed by atoms with Crippen LogP contribution in [0.5, 0.6) is 0 Å². The van der Waals surface area contributed by atoms with E-state index in [1.165, 1.54) is 23.4 Å². The zero-order valence-electron chi connectivity index (χ0n) is 18.7. The maximum absolute atomic E-state index is 13.5. The van der Waals surface area contributed by atoms with Crippen LogP contribution in [-0.2, 0) is 28.7 Å². The number of alkyl halides is 3. The van der Waals surface area contributed by atoms with Crippen LogP contribution in [0.4, 0.5) is 24.7 Å². The average Bonchev–Trinajstić information content (AvgIpc) is 3.52. The molecule has 0 aliphatic heterocycles. The molecule has 3 aromatic heterocycles. The molecule has 3 heterocycles. The summed E-state index contributed by atoms with van der Waals surface area (Å²) in [6.45, 7) is -0.150. The van der Waals surface area contributed by atoms with Gasteiger partial charge in [-0.2, -0.15) is 18.3 Å². The number of carbonyl (C=O) groups is 2. The van der Waals surface area contributed by atoms with Crippen LogP contribution in [0, 0.1) is 0 Å². The molecule has 36 heavy (non-hydrogen) atoms. The maximum atomic E-state index is 13.5. The molecule has 9 nitrogen and oxygen atoms in total. The topological polar surface area (TPSA) is 130 Å². The van der Waals surface area contributed by atoms with E-state index in [2.05, 4.69) is 25.5 Å². The molecule has 2 amide bonds. The van der Waals surface area contributed by atoms with Crippen molar-refractivity contribution in [1.82, 2.24) is 25.1 Å². The predicted octanol–water partition coefficient (Wildman–Crippen LogP) is 3.61. The van der Waals surface area contributed by atoms with Gasteiger partial charge in [-0.1, -0.05) is 24.3 Å². The third-order valence-electron chi connectivity index (χ3n) is 6.18. The van der Waals surface area contributed by atoms with Gasteiger partial charge < -0.3 is 16.0 Å². The predicted molar refractivity (Wildman–Crippen MR) is 124 cm³/mol. The zero-order valence-corrected chi connectivity index (χ0v) is 18.7. The van der Waals surface area contributed by atoms with E-state index in [4.69, 9.17) is 5.73 Å². The highest BCUT2D eigenvalue weighted by molar-refractivity contribution is 6.40. The molecule has 12 heteroatoms. The number of aromatic amines is 1. The Hall–Kier alpha value is -4.48. The van der Waals surface area contributed by atoms with E-state index in [1.807, 2.05) is 24.3 Å². The van der Waals surface area contributed by atoms with E-state index in [9.17, 15) is 22.8 Å². The van der Waals surface area contributed by atoms with E-state index in [1.54, 1.807) is 0 Å². The molecule has 0 saturated heterocycles. The minimum absolute atomic E-state index is 0.150. The Bertz CT molecular complexity index is 1450. The van der Waals surface area contributed by atoms with Crippen molar-refractivity contribution in [3.63, 3.8) is 0 Å². The van der Waals surface area contributed by atoms with Crippen molar-refractivity contribution < 1.29 is 22.8 Å². The first kappa shape index (κ1) is 23.3. The number of aryl methyl sites for hydroxylation is 1. The number of H-pyrrole nitrogens is 1. The fourth-order valence-electron chi connectivity index (χ4n) is 4.40. The van der Waals surface area contributed by atoms with Crippen LogP contribution < -0.4 is 11.1 Å². The summed E-state index contributed by atoms with van der Waals surface area (Å²) in [4.78, 5) is 35.8. The Kier molecular flexibility index (Phi) is 5.78. The van der Waals surface area contributed by atoms with Crippen molar-refractivity contribution in [2.45, 2.75) is 31.6 Å². The van der Waals surface area contributed by atoms with Crippen molar-refractivity contribution in [3.8, 4) is 0 Å². The summed E-state index contributed by atoms with van der Waals surface area (Å²) in [6.07, 6.45) is 0.212. The van der Waals surface area contributed by atoms with E-state index >= 15 is 0 Å². The summed E-state index contributed by atoms with van der Waals surface area (Å²) in [5.41, 5.74) is 7.70. The van der Waals surface area contributed by atoms with Gasteiger partial charge in [0.15, 0.2) is 0 Å². The van der Waals surface area contributed by atoms with Crippen molar-refractivity contribution in [2.24, 2.45) is 0 Å². The Balaban J connectivity index is 1.45. The number of benzene rings is 1. The summed E-state index contributed by atoms with van der Waals surface area (Å²) in [6, 6.07) is 9.22. The number of halogens is 3. The lowest BCUT2D eigenvalue weighted by Gasteiger charge is -2.29. The van der Waals surface area contributed by atoms with Crippen molar-refractivity contribution in [2.75, 3.05) is 11.1 Å². The largest absolute Gasteiger partial charge is 0.417 e. The van der Waals surface area contributed by atoms with Crippen LogP contribution in [0.2, 0.25) is 0 Å². The van der Waals surface area contributed by atoms with Gasteiger partial charge in [-0.3, -0.25) is 19.7 Å². The average molecular weight is 495 g/mol. The Morgan fingerprint density at radius 1 is 1.11 bits per heavy atom. The molecular formula is C24H20F3N7O2. The zero-order chi connectivity index (χ0) is 25.4. The summed E-state index contributed by atoms with van der Waals surface area (Å²) in [5, 5.41) is 9.65. The number of nitrogens with two attached hydrogens (primary N) is 1. The molecule has 1 atom stereocenters. The number of rotatable bonds is 4. The summed E-state index contributed by atoms with van der Waals surface area (Å²) in [5.74, 6) is -1.59. The Morgan fingerprint density at radius 3 is 2.67 bits per heavy atom. The highest BCUT2D eigenvalue weighted by atomic mass is 19.4. The van der Waals surface area contributed by atoms with Gasteiger partial charge in [-0.25, -0.2) is 4.98 Å². The lowest BCUT2D eigenvalue weighted by molar-refractivity contribution is -0.145. The van der Waals surface area contributed by atoms with E-state index in [0.717, 1.165) is 23.4 Å². The fraction of sp³-hybridized carbons (Fsp3) is 0.208. The molecule has 0 spiro atoms. The monoisotopic (exact) mass is 495 g/mol. The van der Waals surface area contributed by atoms with Gasteiger partial charge in [-0.05, 0) is 36.1 Å². The van der Waals surface area contributed by atoms with Crippen LogP contribution in [0.15, 0.2) is 55.0 Å². The first-order valence-corrected chi connectivity index (χ1v) is 11.0. The maximum Gasteiger partial charge on any atom is 0.417 e. The van der Waals surface area contributed by atoms with Crippen LogP contribution in [0.25, 0.3) is 10.9 Å². The lowest BCUT2D eigenvalue weighted by Crippen LogP contribution is -2.41. The number of amides is 2. The molecule has 0 bridgehead atoms. The molecule has 4 N–H and O–H groups in total. The van der Waals surface area contributed by atoms with Gasteiger partial charge in [0.2, 0.25) is 0 Å². The molecule has 1 aliphatic rings. The number of pyridine rings is 2. The van der Waals surface area contributed by atoms with E-state index in [0.29, 0.717) is 23.7 Å². The third kappa shape index (κ3) is 4.32. The number of anilines is 2. The molecule has 5 rings (SSSR count). The second kappa shape index (κ2) is 8.95. The van der Waals surface area contributed by atoms with Gasteiger partial charge in [0.25, 0.3) is 0 Å². The second-order valence-electron chi connectivity index (χ2n) is 8.39. The summed E-state index contributed by atoms with van der Waals surface area (Å²) >= 11 is 0. The summed E-state index contributed by atoms with van der Waals surface area (Å²) in [7, 11) is 0. The van der Waals surface area contributed by atoms with Crippen molar-refractivity contribution in [3.05, 3.63) is 77.4 Å². The molecule has 0 radical (unpaired) electrons. The minimum Gasteiger partial charge on any atom is -0.383 e. The normalized spacial score (nSPS) is 15.0. The SMILES string of the molecule is Nc1ncc(NC(=O)C(=O)N(Cc2ccc(C(F)(F)F)cn2)[C@@H]2CCc3ccccc32)c2[nH]ncc12. The molecule has 0 fully saturated rings. The second-order valence-corrected chi connectivity index (χ2v) is 8.39. The number of nitrogens with zero attached hydrogens (tertiary/aromatic N) is 4. The van der Waals surface area contributed by atoms with Crippen LogP contribution in [0.1, 0.15) is 34.8 Å². The van der Waals surface area contributed by atoms with Gasteiger partial charge in [-0.15, -0.1) is 0 Å². The van der Waals surface area contributed by atoms with Gasteiger partial charge in [0.1, 0.15) is 5.82 Å². The highest BCUT2D eigenvalue weighted by Crippen LogP contribution is 2.37. The molecule has 4 aromatic rings.